The van der Waals surface area contributed by atoms with Gasteiger partial charge in [0.15, 0.2) is 0 Å². The van der Waals surface area contributed by atoms with Gasteiger partial charge < -0.3 is 31.5 Å². The number of rotatable bonds is 11. The van der Waals surface area contributed by atoms with Gasteiger partial charge in [-0.25, -0.2) is 0 Å². The van der Waals surface area contributed by atoms with Crippen LogP contribution in [0.4, 0.5) is 5.69 Å². The Morgan fingerprint density at radius 3 is 2.39 bits per heavy atom. The average molecular weight is 625 g/mol. The molecule has 1 fully saturated rings. The number of carbonyl (C=O) groups is 5. The van der Waals surface area contributed by atoms with Gasteiger partial charge >= 0.3 is 0 Å². The van der Waals surface area contributed by atoms with E-state index >= 15 is 0 Å². The predicted molar refractivity (Wildman–Crippen MR) is 168 cm³/mol. The Hall–Kier alpha value is -3.96. The highest BCUT2D eigenvalue weighted by atomic mass is 35.5. The number of hydrogen-bond acceptors (Lipinski definition) is 6. The zero-order valence-corrected chi connectivity index (χ0v) is 25.8. The molecular formula is C32H41ClN6O5. The van der Waals surface area contributed by atoms with Crippen LogP contribution in [-0.4, -0.2) is 77.6 Å². The van der Waals surface area contributed by atoms with Gasteiger partial charge in [0.25, 0.3) is 0 Å². The summed E-state index contributed by atoms with van der Waals surface area (Å²) in [7, 11) is 0. The summed E-state index contributed by atoms with van der Waals surface area (Å²) < 4.78 is 0. The van der Waals surface area contributed by atoms with Crippen molar-refractivity contribution >= 4 is 46.8 Å². The van der Waals surface area contributed by atoms with Crippen molar-refractivity contribution in [3.63, 3.8) is 0 Å². The molecule has 236 valence electrons. The van der Waals surface area contributed by atoms with E-state index in [4.69, 9.17) is 17.3 Å². The van der Waals surface area contributed by atoms with Crippen LogP contribution in [0.2, 0.25) is 5.02 Å². The number of carbonyl (C=O) groups excluding carboxylic acids is 5. The molecule has 0 unspecified atom stereocenters. The Bertz CT molecular complexity index is 1380. The number of piperidine rings is 1. The third kappa shape index (κ3) is 8.79. The lowest BCUT2D eigenvalue weighted by molar-refractivity contribution is -0.144. The average Bonchev–Trinajstić information content (AvgIpc) is 3.04. The number of anilines is 1. The van der Waals surface area contributed by atoms with Crippen molar-refractivity contribution in [3.05, 3.63) is 64.2 Å². The van der Waals surface area contributed by atoms with Crippen LogP contribution in [0.1, 0.15) is 55.2 Å². The van der Waals surface area contributed by atoms with E-state index in [9.17, 15) is 24.0 Å². The zero-order valence-electron chi connectivity index (χ0n) is 25.1. The van der Waals surface area contributed by atoms with Gasteiger partial charge in [-0.2, -0.15) is 0 Å². The van der Waals surface area contributed by atoms with Gasteiger partial charge in [0.1, 0.15) is 12.1 Å². The van der Waals surface area contributed by atoms with Gasteiger partial charge in [0.2, 0.25) is 29.5 Å². The Labute approximate surface area is 262 Å². The number of nitrogens with two attached hydrogens (primary N) is 1. The van der Waals surface area contributed by atoms with Crippen LogP contribution in [0.5, 0.6) is 0 Å². The molecule has 2 aromatic carbocycles. The maximum atomic E-state index is 13.8. The smallest absolute Gasteiger partial charge is 0.247 e. The monoisotopic (exact) mass is 624 g/mol. The molecule has 4 rings (SSSR count). The lowest BCUT2D eigenvalue weighted by Crippen LogP contribution is -2.56. The summed E-state index contributed by atoms with van der Waals surface area (Å²) in [5.41, 5.74) is 8.54. The fourth-order valence-electron chi connectivity index (χ4n) is 5.59. The van der Waals surface area contributed by atoms with E-state index in [0.29, 0.717) is 23.8 Å². The number of halogens is 1. The molecule has 1 saturated heterocycles. The summed E-state index contributed by atoms with van der Waals surface area (Å²) in [6.07, 6.45) is 3.47. The number of fused-ring (bicyclic) bond motifs is 1. The highest BCUT2D eigenvalue weighted by molar-refractivity contribution is 6.31. The first-order valence-electron chi connectivity index (χ1n) is 15.1. The Morgan fingerprint density at radius 1 is 0.977 bits per heavy atom. The molecule has 2 aliphatic heterocycles. The first kappa shape index (κ1) is 32.9. The minimum absolute atomic E-state index is 0.00771. The molecule has 0 aliphatic carbocycles. The van der Waals surface area contributed by atoms with Gasteiger partial charge in [-0.3, -0.25) is 24.0 Å². The van der Waals surface area contributed by atoms with Crippen LogP contribution in [-0.2, 0) is 36.9 Å². The fourth-order valence-corrected chi connectivity index (χ4v) is 5.71. The lowest BCUT2D eigenvalue weighted by Gasteiger charge is -2.37. The molecule has 12 heteroatoms. The largest absolute Gasteiger partial charge is 0.355 e. The molecule has 0 bridgehead atoms. The number of benzene rings is 2. The molecule has 2 aliphatic rings. The molecule has 2 atom stereocenters. The number of aryl methyl sites for hydroxylation is 1. The van der Waals surface area contributed by atoms with Crippen LogP contribution in [0.25, 0.3) is 0 Å². The Morgan fingerprint density at radius 2 is 1.68 bits per heavy atom. The second-order valence-corrected chi connectivity index (χ2v) is 11.7. The predicted octanol–water partition coefficient (Wildman–Crippen LogP) is 2.28. The van der Waals surface area contributed by atoms with Crippen molar-refractivity contribution in [1.82, 2.24) is 20.4 Å². The summed E-state index contributed by atoms with van der Waals surface area (Å²) in [6, 6.07) is 10.8. The Kier molecular flexibility index (Phi) is 11.7. The van der Waals surface area contributed by atoms with Gasteiger partial charge in [0.05, 0.1) is 6.54 Å². The van der Waals surface area contributed by atoms with Crippen LogP contribution in [0, 0.1) is 6.92 Å². The molecule has 0 saturated carbocycles. The quantitative estimate of drug-likeness (QED) is 0.301. The van der Waals surface area contributed by atoms with Gasteiger partial charge in [-0.15, -0.1) is 0 Å². The van der Waals surface area contributed by atoms with Crippen molar-refractivity contribution < 1.29 is 24.0 Å². The van der Waals surface area contributed by atoms with Gasteiger partial charge in [0, 0.05) is 56.2 Å². The minimum Gasteiger partial charge on any atom is -0.355 e. The lowest BCUT2D eigenvalue weighted by atomic mass is 9.92. The van der Waals surface area contributed by atoms with E-state index in [1.165, 1.54) is 4.90 Å². The van der Waals surface area contributed by atoms with Crippen LogP contribution in [0.15, 0.2) is 42.5 Å². The van der Waals surface area contributed by atoms with Crippen LogP contribution >= 0.6 is 11.6 Å². The van der Waals surface area contributed by atoms with Gasteiger partial charge in [-0.1, -0.05) is 35.9 Å². The van der Waals surface area contributed by atoms with E-state index in [0.717, 1.165) is 36.0 Å². The highest BCUT2D eigenvalue weighted by Crippen LogP contribution is 2.25. The molecule has 0 radical (unpaired) electrons. The third-order valence-electron chi connectivity index (χ3n) is 8.13. The summed E-state index contributed by atoms with van der Waals surface area (Å²) in [5.74, 6) is -1.71. The van der Waals surface area contributed by atoms with Crippen molar-refractivity contribution in [2.24, 2.45) is 5.73 Å². The topological polar surface area (TPSA) is 154 Å². The maximum Gasteiger partial charge on any atom is 0.247 e. The molecule has 5 N–H and O–H groups in total. The fraction of sp³-hybridized carbons (Fsp3) is 0.469. The van der Waals surface area contributed by atoms with Crippen molar-refractivity contribution in [1.29, 1.82) is 0 Å². The van der Waals surface area contributed by atoms with E-state index < -0.39 is 23.9 Å². The number of amides is 5. The van der Waals surface area contributed by atoms with Crippen molar-refractivity contribution in [2.75, 3.05) is 31.5 Å². The summed E-state index contributed by atoms with van der Waals surface area (Å²) >= 11 is 6.13. The normalized spacial score (nSPS) is 16.8. The van der Waals surface area contributed by atoms with Gasteiger partial charge in [-0.05, 0) is 67.5 Å². The molecule has 0 spiro atoms. The second-order valence-electron chi connectivity index (χ2n) is 11.3. The van der Waals surface area contributed by atoms with Crippen molar-refractivity contribution in [3.8, 4) is 0 Å². The number of nitrogens with one attached hydrogen (secondary N) is 3. The summed E-state index contributed by atoms with van der Waals surface area (Å²) in [4.78, 5) is 68.6. The summed E-state index contributed by atoms with van der Waals surface area (Å²) in [6.45, 7) is 3.35. The first-order chi connectivity index (χ1) is 21.2. The van der Waals surface area contributed by atoms with E-state index in [1.54, 1.807) is 23.1 Å². The number of hydrogen-bond donors (Lipinski definition) is 4. The maximum absolute atomic E-state index is 13.8. The highest BCUT2D eigenvalue weighted by Gasteiger charge is 2.36. The van der Waals surface area contributed by atoms with Crippen molar-refractivity contribution in [2.45, 2.75) is 70.5 Å². The molecule has 0 aromatic heterocycles. The van der Waals surface area contributed by atoms with E-state index in [2.05, 4.69) is 16.0 Å². The molecule has 44 heavy (non-hydrogen) atoms. The molecule has 5 amide bonds. The molecule has 2 aromatic rings. The summed E-state index contributed by atoms with van der Waals surface area (Å²) in [5, 5.41) is 8.82. The SMILES string of the molecule is Cc1cc(NC(=O)[C@H](CCNC(=O)CN)NC(=O)[C@@H]2Cc3ccccc3CN2C(=O)CCC(=O)N2CCCCC2)ccc1Cl. The first-order valence-corrected chi connectivity index (χ1v) is 15.5. The number of nitrogens with zero attached hydrogens (tertiary/aromatic N) is 2. The van der Waals surface area contributed by atoms with E-state index in [-0.39, 0.29) is 63.0 Å². The molecule has 2 heterocycles. The minimum atomic E-state index is -1.02. The third-order valence-corrected chi connectivity index (χ3v) is 8.56. The van der Waals surface area contributed by atoms with Crippen LogP contribution < -0.4 is 21.7 Å². The molecule has 11 nitrogen and oxygen atoms in total. The second kappa shape index (κ2) is 15.7. The zero-order chi connectivity index (χ0) is 31.6. The number of likely N-dealkylation sites (tertiary alicyclic amines) is 1. The van der Waals surface area contributed by atoms with E-state index in [1.807, 2.05) is 31.2 Å². The molecular weight excluding hydrogens is 584 g/mol. The van der Waals surface area contributed by atoms with Crippen LogP contribution in [0.3, 0.4) is 0 Å². The standard InChI is InChI=1S/C32H41ClN6O5/c1-21-17-24(9-10-25(21)33)36-31(43)26(13-14-35-28(40)19-34)37-32(44)27-18-22-7-3-4-8-23(22)20-39(27)30(42)12-11-29(41)38-15-5-2-6-16-38/h3-4,7-10,17,26-27H,2,5-6,11-16,18-20,34H2,1H3,(H,35,40)(H,36,43)(H,37,44)/t26-,27-/m0/s1. The Balaban J connectivity index is 1.49.